The van der Waals surface area contributed by atoms with Crippen LogP contribution in [0.15, 0.2) is 54.9 Å². The third-order valence-electron chi connectivity index (χ3n) is 6.40. The second-order valence-electron chi connectivity index (χ2n) is 8.87. The molecular weight excluding hydrogens is 402 g/mol. The van der Waals surface area contributed by atoms with Gasteiger partial charge < -0.3 is 15.4 Å². The zero-order valence-electron chi connectivity index (χ0n) is 17.8. The molecular formula is C25H25N5O2. The molecule has 2 aromatic carbocycles. The number of rotatable bonds is 5. The fourth-order valence-corrected chi connectivity index (χ4v) is 4.35. The Morgan fingerprint density at radius 1 is 1.12 bits per heavy atom. The zero-order chi connectivity index (χ0) is 21.7. The topological polar surface area (TPSA) is 86.3 Å². The lowest BCUT2D eigenvalue weighted by Crippen LogP contribution is -2.32. The summed E-state index contributed by atoms with van der Waals surface area (Å²) in [6, 6.07) is 15.7. The molecule has 2 aromatic heterocycles. The SMILES string of the molecule is NC1CCN(C(=O)c2cccc3ccc(-n4cnc5cc(OCC6CC6)ccc54)nc23)C1. The average molecular weight is 428 g/mol. The number of ether oxygens (including phenoxy) is 1. The van der Waals surface area contributed by atoms with Crippen molar-refractivity contribution in [1.29, 1.82) is 0 Å². The lowest BCUT2D eigenvalue weighted by Gasteiger charge is -2.17. The number of likely N-dealkylation sites (tertiary alicyclic amines) is 1. The molecule has 0 spiro atoms. The minimum atomic E-state index is -0.0128. The number of benzene rings is 2. The third kappa shape index (κ3) is 3.48. The van der Waals surface area contributed by atoms with Gasteiger partial charge in [-0.1, -0.05) is 12.1 Å². The average Bonchev–Trinajstić information content (AvgIpc) is 3.40. The lowest BCUT2D eigenvalue weighted by molar-refractivity contribution is 0.0792. The summed E-state index contributed by atoms with van der Waals surface area (Å²) in [5.41, 5.74) is 9.13. The first-order valence-corrected chi connectivity index (χ1v) is 11.2. The van der Waals surface area contributed by atoms with Crippen molar-refractivity contribution >= 4 is 27.8 Å². The fraction of sp³-hybridized carbons (Fsp3) is 0.320. The van der Waals surface area contributed by atoms with Gasteiger partial charge in [0.2, 0.25) is 0 Å². The lowest BCUT2D eigenvalue weighted by atomic mass is 10.1. The van der Waals surface area contributed by atoms with Gasteiger partial charge in [-0.2, -0.15) is 0 Å². The van der Waals surface area contributed by atoms with E-state index in [-0.39, 0.29) is 11.9 Å². The quantitative estimate of drug-likeness (QED) is 0.527. The molecule has 0 radical (unpaired) electrons. The van der Waals surface area contributed by atoms with Crippen molar-refractivity contribution in [2.45, 2.75) is 25.3 Å². The standard InChI is InChI=1S/C25H25N5O2/c26-18-10-11-29(13-18)25(31)20-3-1-2-17-6-9-23(28-24(17)20)30-15-27-21-12-19(7-8-22(21)30)32-14-16-4-5-16/h1-3,6-9,12,15-16,18H,4-5,10-11,13-14,26H2. The van der Waals surface area contributed by atoms with Crippen LogP contribution in [0.2, 0.25) is 0 Å². The van der Waals surface area contributed by atoms with Crippen LogP contribution >= 0.6 is 0 Å². The Morgan fingerprint density at radius 2 is 2.03 bits per heavy atom. The van der Waals surface area contributed by atoms with E-state index in [1.165, 1.54) is 12.8 Å². The summed E-state index contributed by atoms with van der Waals surface area (Å²) in [4.78, 5) is 24.4. The Hall–Kier alpha value is -3.45. The Morgan fingerprint density at radius 3 is 2.84 bits per heavy atom. The number of carbonyl (C=O) groups is 1. The van der Waals surface area contributed by atoms with Crippen LogP contribution in [0.5, 0.6) is 5.75 Å². The summed E-state index contributed by atoms with van der Waals surface area (Å²) in [5.74, 6) is 2.27. The molecule has 1 unspecified atom stereocenters. The molecule has 4 aromatic rings. The molecule has 3 heterocycles. The predicted octanol–water partition coefficient (Wildman–Crippen LogP) is 3.54. The smallest absolute Gasteiger partial charge is 0.256 e. The Kier molecular flexibility index (Phi) is 4.57. The van der Waals surface area contributed by atoms with E-state index >= 15 is 0 Å². The number of hydrogen-bond acceptors (Lipinski definition) is 5. The zero-order valence-corrected chi connectivity index (χ0v) is 17.8. The van der Waals surface area contributed by atoms with E-state index in [1.807, 2.05) is 58.0 Å². The number of carbonyl (C=O) groups excluding carboxylic acids is 1. The number of amides is 1. The maximum atomic E-state index is 13.2. The molecule has 1 saturated carbocycles. The molecule has 7 heteroatoms. The number of imidazole rings is 1. The molecule has 6 rings (SSSR count). The summed E-state index contributed by atoms with van der Waals surface area (Å²) in [7, 11) is 0. The van der Waals surface area contributed by atoms with Gasteiger partial charge in [0.25, 0.3) is 5.91 Å². The first kappa shape index (κ1) is 19.3. The van der Waals surface area contributed by atoms with Gasteiger partial charge in [-0.25, -0.2) is 9.97 Å². The molecule has 1 atom stereocenters. The summed E-state index contributed by atoms with van der Waals surface area (Å²) in [6.45, 7) is 2.05. The summed E-state index contributed by atoms with van der Waals surface area (Å²) < 4.78 is 7.84. The number of nitrogens with two attached hydrogens (primary N) is 1. The van der Waals surface area contributed by atoms with Crippen molar-refractivity contribution in [2.75, 3.05) is 19.7 Å². The van der Waals surface area contributed by atoms with Crippen LogP contribution in [0.1, 0.15) is 29.6 Å². The molecule has 2 fully saturated rings. The van der Waals surface area contributed by atoms with E-state index < -0.39 is 0 Å². The summed E-state index contributed by atoms with van der Waals surface area (Å²) in [5, 5.41) is 0.934. The highest BCUT2D eigenvalue weighted by atomic mass is 16.5. The van der Waals surface area contributed by atoms with Crippen molar-refractivity contribution in [3.8, 4) is 11.6 Å². The minimum absolute atomic E-state index is 0.0128. The number of para-hydroxylation sites is 1. The Balaban J connectivity index is 1.36. The third-order valence-corrected chi connectivity index (χ3v) is 6.40. The molecule has 1 amide bonds. The summed E-state index contributed by atoms with van der Waals surface area (Å²) in [6.07, 6.45) is 5.13. The Labute approximate surface area is 185 Å². The fourth-order valence-electron chi connectivity index (χ4n) is 4.35. The van der Waals surface area contributed by atoms with Crippen LogP contribution in [0.4, 0.5) is 0 Å². The normalized spacial score (nSPS) is 18.5. The molecule has 1 aliphatic heterocycles. The van der Waals surface area contributed by atoms with Gasteiger partial charge in [0.05, 0.1) is 28.7 Å². The highest BCUT2D eigenvalue weighted by molar-refractivity contribution is 6.05. The first-order chi connectivity index (χ1) is 15.7. The van der Waals surface area contributed by atoms with Gasteiger partial charge >= 0.3 is 0 Å². The largest absolute Gasteiger partial charge is 0.493 e. The van der Waals surface area contributed by atoms with Crippen molar-refractivity contribution in [3.05, 3.63) is 60.4 Å². The minimum Gasteiger partial charge on any atom is -0.493 e. The van der Waals surface area contributed by atoms with Gasteiger partial charge in [0.1, 0.15) is 17.9 Å². The second kappa shape index (κ2) is 7.60. The maximum absolute atomic E-state index is 13.2. The van der Waals surface area contributed by atoms with Crippen molar-refractivity contribution in [1.82, 2.24) is 19.4 Å². The van der Waals surface area contributed by atoms with Crippen LogP contribution in [-0.4, -0.2) is 51.1 Å². The van der Waals surface area contributed by atoms with Crippen LogP contribution in [0.3, 0.4) is 0 Å². The molecule has 1 aliphatic carbocycles. The number of pyridine rings is 1. The first-order valence-electron chi connectivity index (χ1n) is 11.2. The monoisotopic (exact) mass is 427 g/mol. The van der Waals surface area contributed by atoms with Crippen molar-refractivity contribution in [2.24, 2.45) is 11.7 Å². The van der Waals surface area contributed by atoms with E-state index in [9.17, 15) is 4.79 Å². The van der Waals surface area contributed by atoms with Crippen molar-refractivity contribution < 1.29 is 9.53 Å². The number of nitrogens with zero attached hydrogens (tertiary/aromatic N) is 4. The van der Waals surface area contributed by atoms with E-state index in [0.717, 1.165) is 41.0 Å². The van der Waals surface area contributed by atoms with E-state index in [4.69, 9.17) is 15.5 Å². The van der Waals surface area contributed by atoms with Gasteiger partial charge in [0.15, 0.2) is 0 Å². The number of hydrogen-bond donors (Lipinski definition) is 1. The molecule has 162 valence electrons. The van der Waals surface area contributed by atoms with E-state index in [0.29, 0.717) is 30.1 Å². The molecule has 0 bridgehead atoms. The second-order valence-corrected chi connectivity index (χ2v) is 8.87. The van der Waals surface area contributed by atoms with E-state index in [2.05, 4.69) is 4.98 Å². The van der Waals surface area contributed by atoms with Gasteiger partial charge in [-0.15, -0.1) is 0 Å². The van der Waals surface area contributed by atoms with Crippen LogP contribution in [0.25, 0.3) is 27.8 Å². The predicted molar refractivity (Wildman–Crippen MR) is 123 cm³/mol. The summed E-state index contributed by atoms with van der Waals surface area (Å²) >= 11 is 0. The molecule has 32 heavy (non-hydrogen) atoms. The highest BCUT2D eigenvalue weighted by Crippen LogP contribution is 2.30. The Bertz CT molecular complexity index is 1330. The van der Waals surface area contributed by atoms with Crippen LogP contribution in [0, 0.1) is 5.92 Å². The number of aromatic nitrogens is 3. The highest BCUT2D eigenvalue weighted by Gasteiger charge is 2.26. The van der Waals surface area contributed by atoms with Gasteiger partial charge in [-0.05, 0) is 55.5 Å². The van der Waals surface area contributed by atoms with Crippen molar-refractivity contribution in [3.63, 3.8) is 0 Å². The number of fused-ring (bicyclic) bond motifs is 2. The molecule has 2 N–H and O–H groups in total. The molecule has 7 nitrogen and oxygen atoms in total. The van der Waals surface area contributed by atoms with Gasteiger partial charge in [0, 0.05) is 30.6 Å². The maximum Gasteiger partial charge on any atom is 0.256 e. The van der Waals surface area contributed by atoms with E-state index in [1.54, 1.807) is 6.33 Å². The molecule has 1 saturated heterocycles. The van der Waals surface area contributed by atoms with Crippen LogP contribution < -0.4 is 10.5 Å². The van der Waals surface area contributed by atoms with Crippen LogP contribution in [-0.2, 0) is 0 Å². The van der Waals surface area contributed by atoms with Gasteiger partial charge in [-0.3, -0.25) is 9.36 Å². The molecule has 2 aliphatic rings.